The van der Waals surface area contributed by atoms with Gasteiger partial charge in [-0.05, 0) is 37.5 Å². The molecular formula is C22H22FN5O3S. The van der Waals surface area contributed by atoms with Gasteiger partial charge in [0.15, 0.2) is 0 Å². The van der Waals surface area contributed by atoms with Crippen LogP contribution >= 0.6 is 11.3 Å². The molecule has 1 amide bonds. The average Bonchev–Trinajstić information content (AvgIpc) is 3.46. The summed E-state index contributed by atoms with van der Waals surface area (Å²) in [5.74, 6) is 0.0796. The van der Waals surface area contributed by atoms with Gasteiger partial charge in [-0.1, -0.05) is 0 Å². The monoisotopic (exact) mass is 455 g/mol. The maximum absolute atomic E-state index is 13.9. The van der Waals surface area contributed by atoms with E-state index in [4.69, 9.17) is 15.1 Å². The van der Waals surface area contributed by atoms with Gasteiger partial charge in [0, 0.05) is 24.4 Å². The average molecular weight is 456 g/mol. The minimum atomic E-state index is -0.432. The lowest BCUT2D eigenvalue weighted by Crippen LogP contribution is -2.26. The van der Waals surface area contributed by atoms with Crippen LogP contribution in [0.5, 0.6) is 5.75 Å². The zero-order chi connectivity index (χ0) is 22.7. The number of rotatable bonds is 9. The van der Waals surface area contributed by atoms with Gasteiger partial charge in [0.05, 0.1) is 35.2 Å². The number of halogens is 1. The van der Waals surface area contributed by atoms with Gasteiger partial charge in [0.1, 0.15) is 28.5 Å². The fourth-order valence-electron chi connectivity index (χ4n) is 3.43. The zero-order valence-corrected chi connectivity index (χ0v) is 18.3. The van der Waals surface area contributed by atoms with Crippen LogP contribution in [-0.4, -0.2) is 40.7 Å². The smallest absolute Gasteiger partial charge is 0.261 e. The van der Waals surface area contributed by atoms with Gasteiger partial charge in [0.25, 0.3) is 5.91 Å². The van der Waals surface area contributed by atoms with Gasteiger partial charge in [0.2, 0.25) is 0 Å². The lowest BCUT2D eigenvalue weighted by atomic mass is 10.1. The van der Waals surface area contributed by atoms with Crippen molar-refractivity contribution in [3.8, 4) is 11.8 Å². The van der Waals surface area contributed by atoms with Crippen LogP contribution in [0.25, 0.3) is 10.2 Å². The standard InChI is InChI=1S/C22H22FN5O3S/c1-13-17-19(26-12-27-21(17)32-18(13)20(30)25-8-9-29)28-15-3-2-14(23)10-16(15)31-11-22(4-5-22)6-7-24/h2-3,10,12,29H,4-6,8-9,11H2,1H3,(H,25,30)(H,26,27,28). The van der Waals surface area contributed by atoms with Gasteiger partial charge in [-0.15, -0.1) is 11.3 Å². The highest BCUT2D eigenvalue weighted by Gasteiger charge is 2.43. The topological polar surface area (TPSA) is 120 Å². The van der Waals surface area contributed by atoms with E-state index >= 15 is 0 Å². The number of aliphatic hydroxyl groups excluding tert-OH is 1. The van der Waals surface area contributed by atoms with Gasteiger partial charge in [-0.3, -0.25) is 4.79 Å². The van der Waals surface area contributed by atoms with E-state index in [0.717, 1.165) is 12.8 Å². The Kier molecular flexibility index (Phi) is 6.21. The van der Waals surface area contributed by atoms with Crippen molar-refractivity contribution in [2.45, 2.75) is 26.2 Å². The second-order valence-corrected chi connectivity index (χ2v) is 8.83. The number of carbonyl (C=O) groups is 1. The van der Waals surface area contributed by atoms with Gasteiger partial charge in [-0.2, -0.15) is 5.26 Å². The fraction of sp³-hybridized carbons (Fsp3) is 0.364. The Labute approximate surface area is 188 Å². The van der Waals surface area contributed by atoms with Gasteiger partial charge in [-0.25, -0.2) is 14.4 Å². The number of amides is 1. The highest BCUT2D eigenvalue weighted by Crippen LogP contribution is 2.49. The number of aliphatic hydroxyl groups is 1. The molecule has 10 heteroatoms. The van der Waals surface area contributed by atoms with Crippen LogP contribution in [0.4, 0.5) is 15.9 Å². The maximum Gasteiger partial charge on any atom is 0.261 e. The third-order valence-corrected chi connectivity index (χ3v) is 6.67. The van der Waals surface area contributed by atoms with E-state index in [1.165, 1.54) is 29.8 Å². The predicted octanol–water partition coefficient (Wildman–Crippen LogP) is 3.68. The quantitative estimate of drug-likeness (QED) is 0.450. The lowest BCUT2D eigenvalue weighted by molar-refractivity contribution is 0.0948. The number of carbonyl (C=O) groups excluding carboxylic acids is 1. The maximum atomic E-state index is 13.9. The largest absolute Gasteiger partial charge is 0.491 e. The number of nitriles is 1. The van der Waals surface area contributed by atoms with Crippen LogP contribution in [0.3, 0.4) is 0 Å². The molecule has 0 atom stereocenters. The minimum absolute atomic E-state index is 0.148. The van der Waals surface area contributed by atoms with Crippen LogP contribution in [-0.2, 0) is 0 Å². The molecule has 4 rings (SSSR count). The molecule has 3 aromatic rings. The summed E-state index contributed by atoms with van der Waals surface area (Å²) in [6.07, 6.45) is 3.64. The summed E-state index contributed by atoms with van der Waals surface area (Å²) in [6.45, 7) is 2.16. The molecule has 8 nitrogen and oxygen atoms in total. The molecule has 1 aliphatic carbocycles. The molecule has 32 heavy (non-hydrogen) atoms. The highest BCUT2D eigenvalue weighted by atomic mass is 32.1. The SMILES string of the molecule is Cc1c(C(=O)NCCO)sc2ncnc(Nc3ccc(F)cc3OCC3(CC#N)CC3)c12. The van der Waals surface area contributed by atoms with Gasteiger partial charge < -0.3 is 20.5 Å². The number of hydrogen-bond donors (Lipinski definition) is 3. The first-order chi connectivity index (χ1) is 15.5. The number of aryl methyl sites for hydroxylation is 1. The highest BCUT2D eigenvalue weighted by molar-refractivity contribution is 7.20. The second kappa shape index (κ2) is 9.06. The van der Waals surface area contributed by atoms with Crippen LogP contribution in [0.2, 0.25) is 0 Å². The van der Waals surface area contributed by atoms with E-state index in [2.05, 4.69) is 26.7 Å². The lowest BCUT2D eigenvalue weighted by Gasteiger charge is -2.17. The normalized spacial score (nSPS) is 14.1. The number of nitrogens with one attached hydrogen (secondary N) is 2. The molecule has 2 heterocycles. The van der Waals surface area contributed by atoms with E-state index in [1.54, 1.807) is 6.07 Å². The zero-order valence-electron chi connectivity index (χ0n) is 17.4. The first kappa shape index (κ1) is 21.9. The van der Waals surface area contributed by atoms with E-state index in [1.807, 2.05) is 6.92 Å². The molecule has 0 unspecified atom stereocenters. The Morgan fingerprint density at radius 2 is 2.22 bits per heavy atom. The molecule has 1 saturated carbocycles. The predicted molar refractivity (Wildman–Crippen MR) is 119 cm³/mol. The van der Waals surface area contributed by atoms with Crippen molar-refractivity contribution < 1.29 is 19.0 Å². The van der Waals surface area contributed by atoms with Crippen molar-refractivity contribution >= 4 is 39.0 Å². The number of fused-ring (bicyclic) bond motifs is 1. The summed E-state index contributed by atoms with van der Waals surface area (Å²) >= 11 is 1.23. The van der Waals surface area contributed by atoms with Crippen molar-refractivity contribution in [2.24, 2.45) is 5.41 Å². The Balaban J connectivity index is 1.63. The number of ether oxygens (including phenoxy) is 1. The summed E-state index contributed by atoms with van der Waals surface area (Å²) < 4.78 is 19.9. The van der Waals surface area contributed by atoms with E-state index in [9.17, 15) is 9.18 Å². The fourth-order valence-corrected chi connectivity index (χ4v) is 4.49. The Morgan fingerprint density at radius 1 is 1.41 bits per heavy atom. The number of anilines is 2. The minimum Gasteiger partial charge on any atom is -0.491 e. The number of hydrogen-bond acceptors (Lipinski definition) is 8. The summed E-state index contributed by atoms with van der Waals surface area (Å²) in [6, 6.07) is 6.39. The molecule has 1 aromatic carbocycles. The van der Waals surface area contributed by atoms with Crippen LogP contribution in [0, 0.1) is 29.5 Å². The molecule has 0 saturated heterocycles. The van der Waals surface area contributed by atoms with Gasteiger partial charge >= 0.3 is 0 Å². The van der Waals surface area contributed by atoms with Crippen LogP contribution in [0.1, 0.15) is 34.5 Å². The first-order valence-corrected chi connectivity index (χ1v) is 11.0. The number of aromatic nitrogens is 2. The molecule has 0 spiro atoms. The molecule has 1 fully saturated rings. The van der Waals surface area contributed by atoms with Crippen molar-refractivity contribution in [3.63, 3.8) is 0 Å². The summed E-state index contributed by atoms with van der Waals surface area (Å²) in [5, 5.41) is 24.5. The van der Waals surface area contributed by atoms with Crippen molar-refractivity contribution in [1.29, 1.82) is 5.26 Å². The second-order valence-electron chi connectivity index (χ2n) is 7.83. The third-order valence-electron chi connectivity index (χ3n) is 5.47. The Hall–Kier alpha value is -3.29. The molecule has 3 N–H and O–H groups in total. The molecule has 1 aliphatic rings. The molecular weight excluding hydrogens is 433 g/mol. The molecule has 0 aliphatic heterocycles. The van der Waals surface area contributed by atoms with Crippen molar-refractivity contribution in [2.75, 3.05) is 25.1 Å². The molecule has 2 aromatic heterocycles. The molecule has 166 valence electrons. The number of benzene rings is 1. The van der Waals surface area contributed by atoms with Crippen LogP contribution < -0.4 is 15.4 Å². The molecule has 0 bridgehead atoms. The Bertz CT molecular complexity index is 1200. The summed E-state index contributed by atoms with van der Waals surface area (Å²) in [7, 11) is 0. The van der Waals surface area contributed by atoms with Crippen LogP contribution in [0.15, 0.2) is 24.5 Å². The van der Waals surface area contributed by atoms with Crippen molar-refractivity contribution in [3.05, 3.63) is 40.8 Å². The van der Waals surface area contributed by atoms with E-state index in [-0.39, 0.29) is 24.5 Å². The molecule has 0 radical (unpaired) electrons. The van der Waals surface area contributed by atoms with E-state index in [0.29, 0.717) is 50.9 Å². The van der Waals surface area contributed by atoms with Crippen molar-refractivity contribution in [1.82, 2.24) is 15.3 Å². The summed E-state index contributed by atoms with van der Waals surface area (Å²) in [5.41, 5.74) is 1.08. The van der Waals surface area contributed by atoms with E-state index < -0.39 is 5.82 Å². The number of thiophene rings is 1. The first-order valence-electron chi connectivity index (χ1n) is 10.2. The Morgan fingerprint density at radius 3 is 2.94 bits per heavy atom. The third kappa shape index (κ3) is 4.49. The number of nitrogens with zero attached hydrogens (tertiary/aromatic N) is 3. The summed E-state index contributed by atoms with van der Waals surface area (Å²) in [4.78, 5) is 22.2.